The number of rotatable bonds is 10. The fourth-order valence-corrected chi connectivity index (χ4v) is 8.72. The Bertz CT molecular complexity index is 1930. The van der Waals surface area contributed by atoms with Crippen molar-refractivity contribution in [3.63, 3.8) is 0 Å². The van der Waals surface area contributed by atoms with Gasteiger partial charge in [-0.1, -0.05) is 38.3 Å². The van der Waals surface area contributed by atoms with Crippen LogP contribution in [-0.2, 0) is 33.6 Å². The number of nitrogens with one attached hydrogen (secondary N) is 3. The molecule has 4 aliphatic rings. The van der Waals surface area contributed by atoms with Crippen molar-refractivity contribution in [3.8, 4) is 11.6 Å². The van der Waals surface area contributed by atoms with Crippen molar-refractivity contribution in [2.24, 2.45) is 5.92 Å². The van der Waals surface area contributed by atoms with Crippen LogP contribution in [0.4, 0.5) is 4.79 Å². The van der Waals surface area contributed by atoms with E-state index in [0.29, 0.717) is 55.5 Å². The molecule has 1 saturated heterocycles. The number of ether oxygens (including phenoxy) is 3. The maximum atomic E-state index is 14.5. The standard InChI is InChI=1S/C39H53N5O10S/c1-6-17-38(18-19-38)54-55(49,50)43-35(47)39-23-26(39)12-10-8-7-9-11-13-30(41-36(48)53-37(2,3)4)34(46)44-24-28(22-31(44)32(45)42-39)52-33-29-15-14-27(51-5)21-25(29)16-20-40-33/h10,12,14-16,20-21,26,28,30-31H,6-9,11,13,17-19,22-24H2,1-5H3,(H,41,48)(H,42,45)(H,43,47)/b12-10-/t26-,28+,30-,31-,39+/m0/s1. The lowest BCUT2D eigenvalue weighted by molar-refractivity contribution is -0.141. The maximum Gasteiger partial charge on any atom is 0.408 e. The first-order chi connectivity index (χ1) is 26.1. The lowest BCUT2D eigenvalue weighted by Gasteiger charge is -2.30. The van der Waals surface area contributed by atoms with Gasteiger partial charge < -0.3 is 29.7 Å². The summed E-state index contributed by atoms with van der Waals surface area (Å²) in [4.78, 5) is 61.6. The molecule has 1 aromatic heterocycles. The molecule has 2 saturated carbocycles. The number of benzene rings is 1. The molecular formula is C39H53N5O10S. The molecule has 2 aliphatic carbocycles. The molecule has 3 N–H and O–H groups in total. The summed E-state index contributed by atoms with van der Waals surface area (Å²) in [5, 5.41) is 7.11. The van der Waals surface area contributed by atoms with E-state index in [1.807, 2.05) is 37.3 Å². The van der Waals surface area contributed by atoms with Crippen molar-refractivity contribution in [3.05, 3.63) is 42.6 Å². The second kappa shape index (κ2) is 16.0. The maximum absolute atomic E-state index is 14.5. The Morgan fingerprint density at radius 1 is 1.11 bits per heavy atom. The molecule has 0 bridgehead atoms. The van der Waals surface area contributed by atoms with Gasteiger partial charge in [0.1, 0.15) is 35.1 Å². The molecule has 16 heteroatoms. The minimum absolute atomic E-state index is 0.0259. The van der Waals surface area contributed by atoms with Gasteiger partial charge in [0.15, 0.2) is 0 Å². The third-order valence-electron chi connectivity index (χ3n) is 10.6. The summed E-state index contributed by atoms with van der Waals surface area (Å²) in [5.74, 6) is -1.60. The minimum atomic E-state index is -4.49. The van der Waals surface area contributed by atoms with E-state index >= 15 is 0 Å². The highest BCUT2D eigenvalue weighted by molar-refractivity contribution is 7.85. The lowest BCUT2D eigenvalue weighted by Crippen LogP contribution is -2.58. The first-order valence-electron chi connectivity index (χ1n) is 19.2. The summed E-state index contributed by atoms with van der Waals surface area (Å²) in [7, 11) is -2.92. The zero-order chi connectivity index (χ0) is 39.6. The van der Waals surface area contributed by atoms with Gasteiger partial charge in [-0.3, -0.25) is 14.4 Å². The summed E-state index contributed by atoms with van der Waals surface area (Å²) in [5.41, 5.74) is -3.22. The molecule has 2 aliphatic heterocycles. The molecule has 15 nitrogen and oxygen atoms in total. The van der Waals surface area contributed by atoms with Gasteiger partial charge in [0.05, 0.1) is 19.3 Å². The van der Waals surface area contributed by atoms with Crippen LogP contribution in [-0.4, -0.2) is 90.7 Å². The molecule has 1 aromatic carbocycles. The van der Waals surface area contributed by atoms with Gasteiger partial charge in [0.25, 0.3) is 5.91 Å². The molecule has 300 valence electrons. The summed E-state index contributed by atoms with van der Waals surface area (Å²) in [6.07, 6.45) is 9.59. The number of alkyl carbamates (subject to hydrolysis) is 1. The fourth-order valence-electron chi connectivity index (χ4n) is 7.55. The number of hydrogen-bond acceptors (Lipinski definition) is 11. The average Bonchev–Trinajstić information content (AvgIpc) is 3.98. The van der Waals surface area contributed by atoms with Crippen molar-refractivity contribution in [1.82, 2.24) is 25.2 Å². The van der Waals surface area contributed by atoms with Gasteiger partial charge in [-0.15, -0.1) is 0 Å². The first kappa shape index (κ1) is 40.2. The van der Waals surface area contributed by atoms with Crippen molar-refractivity contribution in [1.29, 1.82) is 0 Å². The number of carbonyl (C=O) groups excluding carboxylic acids is 4. The molecule has 2 aromatic rings. The average molecular weight is 784 g/mol. The normalized spacial score (nSPS) is 27.3. The molecule has 5 atom stereocenters. The number of hydrogen-bond donors (Lipinski definition) is 3. The van der Waals surface area contributed by atoms with Gasteiger partial charge in [-0.05, 0) is 95.4 Å². The number of carbonyl (C=O) groups is 4. The van der Waals surface area contributed by atoms with Crippen molar-refractivity contribution in [2.75, 3.05) is 13.7 Å². The van der Waals surface area contributed by atoms with Crippen molar-refractivity contribution in [2.45, 2.75) is 133 Å². The first-order valence-corrected chi connectivity index (χ1v) is 20.6. The Labute approximate surface area is 322 Å². The van der Waals surface area contributed by atoms with E-state index in [9.17, 15) is 27.6 Å². The van der Waals surface area contributed by atoms with E-state index < -0.39 is 75.0 Å². The van der Waals surface area contributed by atoms with E-state index in [-0.39, 0.29) is 19.4 Å². The number of methoxy groups -OCH3 is 1. The Hall–Kier alpha value is -4.44. The van der Waals surface area contributed by atoms with E-state index in [0.717, 1.165) is 24.6 Å². The second-order valence-electron chi connectivity index (χ2n) is 16.1. The number of allylic oxidation sites excluding steroid dienone is 1. The van der Waals surface area contributed by atoms with E-state index in [4.69, 9.17) is 18.4 Å². The molecule has 55 heavy (non-hydrogen) atoms. The highest BCUT2D eigenvalue weighted by Crippen LogP contribution is 2.47. The predicted octanol–water partition coefficient (Wildman–Crippen LogP) is 4.59. The Balaban J connectivity index is 1.29. The molecule has 4 amide bonds. The summed E-state index contributed by atoms with van der Waals surface area (Å²) in [6, 6.07) is 5.11. The molecule has 0 radical (unpaired) electrons. The Morgan fingerprint density at radius 3 is 2.60 bits per heavy atom. The van der Waals surface area contributed by atoms with Crippen LogP contribution < -0.4 is 24.8 Å². The predicted molar refractivity (Wildman–Crippen MR) is 202 cm³/mol. The van der Waals surface area contributed by atoms with Crippen molar-refractivity contribution >= 4 is 44.9 Å². The van der Waals surface area contributed by atoms with Gasteiger partial charge in [0.2, 0.25) is 17.7 Å². The van der Waals surface area contributed by atoms with E-state index in [2.05, 4.69) is 20.3 Å². The van der Waals surface area contributed by atoms with Crippen molar-refractivity contribution < 1.29 is 46.0 Å². The zero-order valence-corrected chi connectivity index (χ0v) is 33.0. The smallest absolute Gasteiger partial charge is 0.408 e. The van der Waals surface area contributed by atoms with Gasteiger partial charge in [-0.2, -0.15) is 8.42 Å². The zero-order valence-electron chi connectivity index (χ0n) is 32.2. The van der Waals surface area contributed by atoms with E-state index in [1.165, 1.54) is 4.90 Å². The van der Waals surface area contributed by atoms with Gasteiger partial charge in [0, 0.05) is 23.9 Å². The molecular weight excluding hydrogens is 731 g/mol. The highest BCUT2D eigenvalue weighted by atomic mass is 32.2. The number of fused-ring (bicyclic) bond motifs is 3. The fraction of sp³-hybridized carbons (Fsp3) is 0.615. The van der Waals surface area contributed by atoms with Crippen LogP contribution in [0.1, 0.15) is 98.3 Å². The van der Waals surface area contributed by atoms with Gasteiger partial charge in [-0.25, -0.2) is 18.7 Å². The number of nitrogens with zero attached hydrogens (tertiary/aromatic N) is 2. The third-order valence-corrected chi connectivity index (χ3v) is 11.6. The van der Waals surface area contributed by atoms with Crippen LogP contribution in [0.25, 0.3) is 10.8 Å². The van der Waals surface area contributed by atoms with Crippen LogP contribution in [0.15, 0.2) is 42.6 Å². The second-order valence-corrected chi connectivity index (χ2v) is 17.4. The quantitative estimate of drug-likeness (QED) is 0.286. The molecule has 0 unspecified atom stereocenters. The summed E-state index contributed by atoms with van der Waals surface area (Å²) < 4.78 is 51.1. The Kier molecular flexibility index (Phi) is 11.7. The van der Waals surface area contributed by atoms with Crippen LogP contribution in [0.5, 0.6) is 11.6 Å². The highest BCUT2D eigenvalue weighted by Gasteiger charge is 2.62. The largest absolute Gasteiger partial charge is 0.497 e. The molecule has 6 rings (SSSR count). The topological polar surface area (TPSA) is 192 Å². The van der Waals surface area contributed by atoms with Crippen LogP contribution in [0, 0.1) is 5.92 Å². The van der Waals surface area contributed by atoms with Crippen LogP contribution >= 0.6 is 0 Å². The number of amides is 4. The van der Waals surface area contributed by atoms with Crippen LogP contribution in [0.3, 0.4) is 0 Å². The SMILES string of the molecule is CCCC1(OS(=O)(=O)NC(=O)[C@@]23C[C@@H]2/C=C\CCCCC[C@H](NC(=O)OC(C)(C)C)C(=O)N2C[C@H](Oc4nccc5cc(OC)ccc45)C[C@H]2C(=O)N3)CC1. The minimum Gasteiger partial charge on any atom is -0.497 e. The monoisotopic (exact) mass is 783 g/mol. The Morgan fingerprint density at radius 2 is 1.89 bits per heavy atom. The van der Waals surface area contributed by atoms with Crippen LogP contribution in [0.2, 0.25) is 0 Å². The molecule has 3 fully saturated rings. The number of aromatic nitrogens is 1. The lowest BCUT2D eigenvalue weighted by atomic mass is 10.0. The number of pyridine rings is 1. The third kappa shape index (κ3) is 9.69. The van der Waals surface area contributed by atoms with E-state index in [1.54, 1.807) is 40.1 Å². The molecule has 3 heterocycles. The van der Waals surface area contributed by atoms with Gasteiger partial charge >= 0.3 is 16.4 Å². The summed E-state index contributed by atoms with van der Waals surface area (Å²) >= 11 is 0. The summed E-state index contributed by atoms with van der Waals surface area (Å²) in [6.45, 7) is 7.08. The molecule has 0 spiro atoms.